The highest BCUT2D eigenvalue weighted by Gasteiger charge is 2.42. The molecule has 0 aliphatic carbocycles. The average molecular weight is 305 g/mol. The maximum absolute atomic E-state index is 12.0. The SMILES string of the molecule is CNC(=O)[C@@H]1C[C@@H]2OCC[C@@H]2N(Cc2cccnc2OC)C1. The summed E-state index contributed by atoms with van der Waals surface area (Å²) >= 11 is 0. The lowest BCUT2D eigenvalue weighted by Gasteiger charge is -2.40. The number of rotatable bonds is 4. The van der Waals surface area contributed by atoms with Crippen LogP contribution in [0.25, 0.3) is 0 Å². The largest absolute Gasteiger partial charge is 0.481 e. The third-order valence-electron chi connectivity index (χ3n) is 4.65. The molecule has 3 rings (SSSR count). The molecule has 0 unspecified atom stereocenters. The van der Waals surface area contributed by atoms with E-state index < -0.39 is 0 Å². The zero-order valence-corrected chi connectivity index (χ0v) is 13.1. The van der Waals surface area contributed by atoms with Gasteiger partial charge in [-0.3, -0.25) is 9.69 Å². The van der Waals surface area contributed by atoms with Gasteiger partial charge < -0.3 is 14.8 Å². The lowest BCUT2D eigenvalue weighted by molar-refractivity contribution is -0.129. The molecule has 3 heterocycles. The van der Waals surface area contributed by atoms with Gasteiger partial charge >= 0.3 is 0 Å². The van der Waals surface area contributed by atoms with Gasteiger partial charge in [0.05, 0.1) is 19.1 Å². The number of aromatic nitrogens is 1. The zero-order valence-electron chi connectivity index (χ0n) is 13.1. The smallest absolute Gasteiger partial charge is 0.224 e. The van der Waals surface area contributed by atoms with Gasteiger partial charge in [0.25, 0.3) is 0 Å². The summed E-state index contributed by atoms with van der Waals surface area (Å²) in [7, 11) is 3.33. The second-order valence-electron chi connectivity index (χ2n) is 5.91. The topological polar surface area (TPSA) is 63.7 Å². The number of nitrogens with zero attached hydrogens (tertiary/aromatic N) is 2. The van der Waals surface area contributed by atoms with Crippen molar-refractivity contribution in [1.82, 2.24) is 15.2 Å². The third kappa shape index (κ3) is 2.94. The minimum absolute atomic E-state index is 0.0213. The number of likely N-dealkylation sites (tertiary alicyclic amines) is 1. The Morgan fingerprint density at radius 1 is 1.59 bits per heavy atom. The van der Waals surface area contributed by atoms with Crippen LogP contribution in [0.2, 0.25) is 0 Å². The Labute approximate surface area is 130 Å². The Kier molecular flexibility index (Phi) is 4.59. The molecule has 0 bridgehead atoms. The van der Waals surface area contributed by atoms with Crippen LogP contribution in [0.15, 0.2) is 18.3 Å². The molecule has 1 amide bonds. The Morgan fingerprint density at radius 3 is 3.23 bits per heavy atom. The van der Waals surface area contributed by atoms with Gasteiger partial charge in [-0.1, -0.05) is 6.07 Å². The van der Waals surface area contributed by atoms with Crippen molar-refractivity contribution in [3.05, 3.63) is 23.9 Å². The molecular formula is C16H23N3O3. The van der Waals surface area contributed by atoms with Crippen LogP contribution < -0.4 is 10.1 Å². The summed E-state index contributed by atoms with van der Waals surface area (Å²) in [5, 5.41) is 2.76. The molecule has 2 aliphatic rings. The van der Waals surface area contributed by atoms with Crippen LogP contribution in [0.4, 0.5) is 0 Å². The van der Waals surface area contributed by atoms with E-state index in [1.54, 1.807) is 20.4 Å². The Morgan fingerprint density at radius 2 is 2.45 bits per heavy atom. The van der Waals surface area contributed by atoms with Crippen LogP contribution in [-0.2, 0) is 16.1 Å². The first kappa shape index (κ1) is 15.2. The van der Waals surface area contributed by atoms with Crippen LogP contribution in [0, 0.1) is 5.92 Å². The Balaban J connectivity index is 1.79. The molecule has 2 saturated heterocycles. The van der Waals surface area contributed by atoms with Gasteiger partial charge in [-0.2, -0.15) is 0 Å². The van der Waals surface area contributed by atoms with Gasteiger partial charge in [0.1, 0.15) is 0 Å². The number of amides is 1. The van der Waals surface area contributed by atoms with Crippen molar-refractivity contribution in [1.29, 1.82) is 0 Å². The molecule has 2 aliphatic heterocycles. The number of pyridine rings is 1. The predicted octanol–water partition coefficient (Wildman–Crippen LogP) is 0.816. The average Bonchev–Trinajstić information content (AvgIpc) is 3.03. The van der Waals surface area contributed by atoms with Gasteiger partial charge in [0, 0.05) is 44.5 Å². The minimum atomic E-state index is -0.0213. The fourth-order valence-electron chi connectivity index (χ4n) is 3.58. The molecule has 22 heavy (non-hydrogen) atoms. The van der Waals surface area contributed by atoms with Crippen molar-refractivity contribution in [3.63, 3.8) is 0 Å². The minimum Gasteiger partial charge on any atom is -0.481 e. The number of piperidine rings is 1. The van der Waals surface area contributed by atoms with Crippen molar-refractivity contribution < 1.29 is 14.3 Å². The number of carbonyl (C=O) groups excluding carboxylic acids is 1. The lowest BCUT2D eigenvalue weighted by Crippen LogP contribution is -2.52. The van der Waals surface area contributed by atoms with Crippen molar-refractivity contribution >= 4 is 5.91 Å². The summed E-state index contributed by atoms with van der Waals surface area (Å²) in [5.41, 5.74) is 1.05. The number of carbonyl (C=O) groups is 1. The summed E-state index contributed by atoms with van der Waals surface area (Å²) in [6.45, 7) is 2.26. The van der Waals surface area contributed by atoms with Crippen molar-refractivity contribution in [3.8, 4) is 5.88 Å². The van der Waals surface area contributed by atoms with Crippen LogP contribution in [-0.4, -0.2) is 55.2 Å². The Hall–Kier alpha value is -1.66. The standard InChI is InChI=1S/C16H23N3O3/c1-17-15(20)12-8-14-13(5-7-22-14)19(10-12)9-11-4-3-6-18-16(11)21-2/h3-4,6,12-14H,5,7-10H2,1-2H3,(H,17,20)/t12-,13+,14+/m1/s1. The summed E-state index contributed by atoms with van der Waals surface area (Å²) in [6.07, 6.45) is 3.71. The normalized spacial score (nSPS) is 28.2. The molecular weight excluding hydrogens is 282 g/mol. The number of hydrogen-bond donors (Lipinski definition) is 1. The molecule has 1 aromatic heterocycles. The Bertz CT molecular complexity index is 537. The first-order valence-electron chi connectivity index (χ1n) is 7.78. The van der Waals surface area contributed by atoms with Gasteiger partial charge in [0.2, 0.25) is 11.8 Å². The van der Waals surface area contributed by atoms with Crippen molar-refractivity contribution in [2.75, 3.05) is 27.3 Å². The second-order valence-corrected chi connectivity index (χ2v) is 5.91. The molecule has 1 aromatic rings. The van der Waals surface area contributed by atoms with Gasteiger partial charge in [-0.05, 0) is 18.9 Å². The summed E-state index contributed by atoms with van der Waals surface area (Å²) in [5.74, 6) is 0.726. The first-order valence-corrected chi connectivity index (χ1v) is 7.78. The maximum atomic E-state index is 12.0. The van der Waals surface area contributed by atoms with Crippen LogP contribution in [0.3, 0.4) is 0 Å². The fraction of sp³-hybridized carbons (Fsp3) is 0.625. The van der Waals surface area contributed by atoms with Gasteiger partial charge in [-0.25, -0.2) is 4.98 Å². The third-order valence-corrected chi connectivity index (χ3v) is 4.65. The summed E-state index contributed by atoms with van der Waals surface area (Å²) in [4.78, 5) is 18.7. The van der Waals surface area contributed by atoms with Crippen molar-refractivity contribution in [2.24, 2.45) is 5.92 Å². The van der Waals surface area contributed by atoms with E-state index in [1.807, 2.05) is 12.1 Å². The molecule has 3 atom stereocenters. The number of ether oxygens (including phenoxy) is 2. The van der Waals surface area contributed by atoms with Gasteiger partial charge in [0.15, 0.2) is 0 Å². The molecule has 0 spiro atoms. The predicted molar refractivity (Wildman–Crippen MR) is 81.5 cm³/mol. The highest BCUT2D eigenvalue weighted by molar-refractivity contribution is 5.78. The van der Waals surface area contributed by atoms with Crippen LogP contribution >= 0.6 is 0 Å². The quantitative estimate of drug-likeness (QED) is 0.892. The number of methoxy groups -OCH3 is 1. The van der Waals surface area contributed by atoms with E-state index in [2.05, 4.69) is 15.2 Å². The molecule has 120 valence electrons. The van der Waals surface area contributed by atoms with Crippen LogP contribution in [0.1, 0.15) is 18.4 Å². The van der Waals surface area contributed by atoms with Gasteiger partial charge in [-0.15, -0.1) is 0 Å². The molecule has 6 heteroatoms. The monoisotopic (exact) mass is 305 g/mol. The zero-order chi connectivity index (χ0) is 15.5. The second kappa shape index (κ2) is 6.62. The van der Waals surface area contributed by atoms with E-state index in [0.29, 0.717) is 11.9 Å². The van der Waals surface area contributed by atoms with E-state index in [9.17, 15) is 4.79 Å². The van der Waals surface area contributed by atoms with E-state index >= 15 is 0 Å². The van der Waals surface area contributed by atoms with Crippen molar-refractivity contribution in [2.45, 2.75) is 31.5 Å². The number of nitrogens with one attached hydrogen (secondary N) is 1. The first-order chi connectivity index (χ1) is 10.7. The fourth-order valence-corrected chi connectivity index (χ4v) is 3.58. The van der Waals surface area contributed by atoms with E-state index in [0.717, 1.165) is 38.1 Å². The molecule has 6 nitrogen and oxygen atoms in total. The molecule has 0 radical (unpaired) electrons. The lowest BCUT2D eigenvalue weighted by atomic mass is 9.89. The molecule has 0 saturated carbocycles. The number of fused-ring (bicyclic) bond motifs is 1. The van der Waals surface area contributed by atoms with E-state index in [1.165, 1.54) is 0 Å². The maximum Gasteiger partial charge on any atom is 0.224 e. The molecule has 0 aromatic carbocycles. The highest BCUT2D eigenvalue weighted by atomic mass is 16.5. The summed E-state index contributed by atoms with van der Waals surface area (Å²) < 4.78 is 11.2. The van der Waals surface area contributed by atoms with Crippen LogP contribution in [0.5, 0.6) is 5.88 Å². The van der Waals surface area contributed by atoms with E-state index in [-0.39, 0.29) is 17.9 Å². The molecule has 2 fully saturated rings. The van der Waals surface area contributed by atoms with E-state index in [4.69, 9.17) is 9.47 Å². The highest BCUT2D eigenvalue weighted by Crippen LogP contribution is 2.33. The molecule has 1 N–H and O–H groups in total. The number of hydrogen-bond acceptors (Lipinski definition) is 5. The summed E-state index contributed by atoms with van der Waals surface area (Å²) in [6, 6.07) is 4.33.